The lowest BCUT2D eigenvalue weighted by Gasteiger charge is -2.02. The number of nitrogens with two attached hydrogens (primary N) is 2. The van der Waals surface area contributed by atoms with Crippen molar-refractivity contribution in [2.75, 3.05) is 0 Å². The molecule has 0 aliphatic carbocycles. The van der Waals surface area contributed by atoms with Gasteiger partial charge in [0.25, 0.3) is 5.91 Å². The highest BCUT2D eigenvalue weighted by Crippen LogP contribution is 2.19. The zero-order valence-corrected chi connectivity index (χ0v) is 10.8. The molecule has 5 nitrogen and oxygen atoms in total. The number of hydrogen-bond donors (Lipinski definition) is 2. The molecule has 3 aromatic rings. The lowest BCUT2D eigenvalue weighted by Crippen LogP contribution is -2.11. The number of aromatic nitrogens is 2. The fraction of sp³-hybridized carbons (Fsp3) is 0.0667. The Morgan fingerprint density at radius 1 is 1.15 bits per heavy atom. The highest BCUT2D eigenvalue weighted by Gasteiger charge is 2.10. The van der Waals surface area contributed by atoms with Gasteiger partial charge in [-0.3, -0.25) is 4.79 Å². The highest BCUT2D eigenvalue weighted by molar-refractivity contribution is 6.04. The Balaban J connectivity index is 2.12. The van der Waals surface area contributed by atoms with Gasteiger partial charge in [-0.05, 0) is 23.8 Å². The summed E-state index contributed by atoms with van der Waals surface area (Å²) in [5, 5.41) is 5.32. The Morgan fingerprint density at radius 2 is 1.90 bits per heavy atom. The summed E-state index contributed by atoms with van der Waals surface area (Å²) in [4.78, 5) is 11.4. The summed E-state index contributed by atoms with van der Waals surface area (Å²) in [6, 6.07) is 13.2. The van der Waals surface area contributed by atoms with Crippen LogP contribution in [0, 0.1) is 0 Å². The number of benzene rings is 2. The minimum absolute atomic E-state index is 0.430. The van der Waals surface area contributed by atoms with Crippen LogP contribution in [-0.2, 0) is 6.54 Å². The first-order valence-corrected chi connectivity index (χ1v) is 6.26. The predicted molar refractivity (Wildman–Crippen MR) is 77.5 cm³/mol. The number of carbonyl (C=O) groups excluding carboxylic acids is 1. The number of amides is 1. The van der Waals surface area contributed by atoms with Crippen LogP contribution in [0.5, 0.6) is 0 Å². The molecule has 0 bridgehead atoms. The van der Waals surface area contributed by atoms with Gasteiger partial charge in [-0.1, -0.05) is 24.3 Å². The molecule has 0 aliphatic heterocycles. The van der Waals surface area contributed by atoms with Gasteiger partial charge >= 0.3 is 0 Å². The Labute approximate surface area is 115 Å². The minimum Gasteiger partial charge on any atom is -0.366 e. The van der Waals surface area contributed by atoms with Gasteiger partial charge in [-0.25, -0.2) is 4.68 Å². The summed E-state index contributed by atoms with van der Waals surface area (Å²) >= 11 is 0. The Bertz CT molecular complexity index is 774. The van der Waals surface area contributed by atoms with E-state index in [0.717, 1.165) is 16.6 Å². The third-order valence-corrected chi connectivity index (χ3v) is 3.24. The van der Waals surface area contributed by atoms with E-state index in [-0.39, 0.29) is 0 Å². The molecule has 0 saturated carbocycles. The average Bonchev–Trinajstić information content (AvgIpc) is 2.90. The largest absolute Gasteiger partial charge is 0.366 e. The topological polar surface area (TPSA) is 86.9 Å². The molecule has 4 N–H and O–H groups in total. The predicted octanol–water partition coefficient (Wildman–Crippen LogP) is 1.58. The number of fused-ring (bicyclic) bond motifs is 1. The van der Waals surface area contributed by atoms with Gasteiger partial charge in [0.15, 0.2) is 0 Å². The molecule has 0 fully saturated rings. The van der Waals surface area contributed by atoms with Crippen molar-refractivity contribution in [2.45, 2.75) is 6.54 Å². The van der Waals surface area contributed by atoms with E-state index in [4.69, 9.17) is 11.5 Å². The van der Waals surface area contributed by atoms with E-state index in [0.29, 0.717) is 17.6 Å². The van der Waals surface area contributed by atoms with Crippen LogP contribution in [-0.4, -0.2) is 15.7 Å². The Hall–Kier alpha value is -2.66. The molecule has 5 heteroatoms. The fourth-order valence-electron chi connectivity index (χ4n) is 2.16. The van der Waals surface area contributed by atoms with Crippen molar-refractivity contribution in [1.82, 2.24) is 9.78 Å². The maximum atomic E-state index is 11.4. The van der Waals surface area contributed by atoms with Crippen LogP contribution in [0.3, 0.4) is 0 Å². The van der Waals surface area contributed by atoms with Gasteiger partial charge < -0.3 is 11.5 Å². The van der Waals surface area contributed by atoms with Gasteiger partial charge in [0.05, 0.1) is 11.3 Å². The number of rotatable bonds is 3. The van der Waals surface area contributed by atoms with Crippen molar-refractivity contribution in [3.05, 3.63) is 59.8 Å². The standard InChI is InChI=1S/C15H14N4O/c16-8-10-4-6-12(7-5-10)19-9-11-2-1-3-13(15(17)20)14(11)18-19/h1-7,9H,8,16H2,(H2,17,20). The number of carbonyl (C=O) groups is 1. The van der Waals surface area contributed by atoms with Crippen LogP contribution < -0.4 is 11.5 Å². The minimum atomic E-state index is -0.473. The molecule has 0 spiro atoms. The van der Waals surface area contributed by atoms with Crippen LogP contribution in [0.15, 0.2) is 48.7 Å². The van der Waals surface area contributed by atoms with E-state index in [1.54, 1.807) is 16.8 Å². The molecular weight excluding hydrogens is 252 g/mol. The molecule has 20 heavy (non-hydrogen) atoms. The van der Waals surface area contributed by atoms with E-state index in [1.807, 2.05) is 36.5 Å². The number of hydrogen-bond acceptors (Lipinski definition) is 3. The normalized spacial score (nSPS) is 10.8. The van der Waals surface area contributed by atoms with Crippen molar-refractivity contribution in [2.24, 2.45) is 11.5 Å². The summed E-state index contributed by atoms with van der Waals surface area (Å²) in [6.45, 7) is 0.507. The molecule has 1 aromatic heterocycles. The van der Waals surface area contributed by atoms with Crippen molar-refractivity contribution >= 4 is 16.8 Å². The second-order valence-corrected chi connectivity index (χ2v) is 4.55. The van der Waals surface area contributed by atoms with Crippen molar-refractivity contribution in [3.8, 4) is 5.69 Å². The summed E-state index contributed by atoms with van der Waals surface area (Å²) in [5.74, 6) is -0.473. The lowest BCUT2D eigenvalue weighted by atomic mass is 10.1. The molecular formula is C15H14N4O. The zero-order valence-electron chi connectivity index (χ0n) is 10.8. The van der Waals surface area contributed by atoms with E-state index < -0.39 is 5.91 Å². The van der Waals surface area contributed by atoms with E-state index in [9.17, 15) is 4.79 Å². The monoisotopic (exact) mass is 266 g/mol. The van der Waals surface area contributed by atoms with Crippen molar-refractivity contribution in [1.29, 1.82) is 0 Å². The Kier molecular flexibility index (Phi) is 2.96. The highest BCUT2D eigenvalue weighted by atomic mass is 16.1. The van der Waals surface area contributed by atoms with E-state index >= 15 is 0 Å². The van der Waals surface area contributed by atoms with Gasteiger partial charge in [0.2, 0.25) is 0 Å². The smallest absolute Gasteiger partial charge is 0.250 e. The van der Waals surface area contributed by atoms with E-state index in [2.05, 4.69) is 5.10 Å². The second-order valence-electron chi connectivity index (χ2n) is 4.55. The molecule has 0 saturated heterocycles. The molecule has 0 unspecified atom stereocenters. The summed E-state index contributed by atoms with van der Waals surface area (Å²) in [5.41, 5.74) is 14.0. The molecule has 1 heterocycles. The third-order valence-electron chi connectivity index (χ3n) is 3.24. The molecule has 0 radical (unpaired) electrons. The summed E-state index contributed by atoms with van der Waals surface area (Å²) in [7, 11) is 0. The van der Waals surface area contributed by atoms with Gasteiger partial charge in [-0.15, -0.1) is 0 Å². The van der Waals surface area contributed by atoms with Gasteiger partial charge in [0, 0.05) is 18.1 Å². The van der Waals surface area contributed by atoms with Crippen molar-refractivity contribution < 1.29 is 4.79 Å². The van der Waals surface area contributed by atoms with Crippen LogP contribution in [0.4, 0.5) is 0 Å². The van der Waals surface area contributed by atoms with Gasteiger partial charge in [0.1, 0.15) is 5.52 Å². The number of primary amides is 1. The first-order valence-electron chi connectivity index (χ1n) is 6.26. The summed E-state index contributed by atoms with van der Waals surface area (Å²) in [6.07, 6.45) is 1.87. The molecule has 100 valence electrons. The molecule has 0 atom stereocenters. The SMILES string of the molecule is NCc1ccc(-n2cc3cccc(C(N)=O)c3n2)cc1. The number of nitrogens with zero attached hydrogens (tertiary/aromatic N) is 2. The quantitative estimate of drug-likeness (QED) is 0.754. The van der Waals surface area contributed by atoms with Gasteiger partial charge in [-0.2, -0.15) is 5.10 Å². The Morgan fingerprint density at radius 3 is 2.55 bits per heavy atom. The maximum absolute atomic E-state index is 11.4. The molecule has 2 aromatic carbocycles. The van der Waals surface area contributed by atoms with Crippen LogP contribution >= 0.6 is 0 Å². The zero-order chi connectivity index (χ0) is 14.1. The first kappa shape index (κ1) is 12.4. The second kappa shape index (κ2) is 4.79. The third kappa shape index (κ3) is 2.04. The van der Waals surface area contributed by atoms with Crippen molar-refractivity contribution in [3.63, 3.8) is 0 Å². The molecule has 1 amide bonds. The van der Waals surface area contributed by atoms with Crippen LogP contribution in [0.1, 0.15) is 15.9 Å². The maximum Gasteiger partial charge on any atom is 0.250 e. The lowest BCUT2D eigenvalue weighted by molar-refractivity contribution is 0.100. The molecule has 3 rings (SSSR count). The fourth-order valence-corrected chi connectivity index (χ4v) is 2.16. The van der Waals surface area contributed by atoms with Crippen LogP contribution in [0.2, 0.25) is 0 Å². The van der Waals surface area contributed by atoms with Crippen LogP contribution in [0.25, 0.3) is 16.6 Å². The van der Waals surface area contributed by atoms with E-state index in [1.165, 1.54) is 0 Å². The summed E-state index contributed by atoms with van der Waals surface area (Å²) < 4.78 is 1.73. The molecule has 0 aliphatic rings. The first-order chi connectivity index (χ1) is 9.69. The average molecular weight is 266 g/mol.